The summed E-state index contributed by atoms with van der Waals surface area (Å²) in [4.78, 5) is 15.1. The second kappa shape index (κ2) is 3.40. The van der Waals surface area contributed by atoms with Gasteiger partial charge >= 0.3 is 5.97 Å². The molecule has 0 radical (unpaired) electrons. The van der Waals surface area contributed by atoms with Gasteiger partial charge in [-0.3, -0.25) is 0 Å². The van der Waals surface area contributed by atoms with E-state index in [2.05, 4.69) is 19.9 Å². The maximum Gasteiger partial charge on any atom is 0.345 e. The van der Waals surface area contributed by atoms with Crippen LogP contribution < -0.4 is 5.73 Å². The Morgan fingerprint density at radius 1 is 1.50 bits per heavy atom. The highest BCUT2D eigenvalue weighted by Crippen LogP contribution is 2.19. The molecule has 0 atom stereocenters. The number of hydrogen-bond acceptors (Lipinski definition) is 6. The Kier molecular flexibility index (Phi) is 2.18. The molecule has 0 saturated heterocycles. The molecule has 16 heavy (non-hydrogen) atoms. The number of anilines is 1. The van der Waals surface area contributed by atoms with Gasteiger partial charge in [-0.1, -0.05) is 0 Å². The summed E-state index contributed by atoms with van der Waals surface area (Å²) in [7, 11) is 1.14. The molecule has 0 unspecified atom stereocenters. The lowest BCUT2D eigenvalue weighted by atomic mass is 10.3. The molecule has 7 nitrogen and oxygen atoms in total. The number of aryl methyl sites for hydroxylation is 1. The summed E-state index contributed by atoms with van der Waals surface area (Å²) in [6.07, 6.45) is 0. The predicted octanol–water partition coefficient (Wildman–Crippen LogP) is -0.0594. The number of rotatable bonds is 1. The van der Waals surface area contributed by atoms with Gasteiger partial charge in [-0.25, -0.2) is 9.78 Å². The second-order valence-corrected chi connectivity index (χ2v) is 3.04. The molecule has 0 amide bonds. The second-order valence-electron chi connectivity index (χ2n) is 3.04. The molecule has 2 rings (SSSR count). The third kappa shape index (κ3) is 1.35. The molecule has 2 N–H and O–H groups in total. The minimum atomic E-state index is -0.988. The number of fused-ring (bicyclic) bond motifs is 1. The molecule has 8 heteroatoms. The predicted molar refractivity (Wildman–Crippen MR) is 51.2 cm³/mol. The van der Waals surface area contributed by atoms with Crippen LogP contribution in [0.2, 0.25) is 0 Å². The molecular formula is C8H8FN5O2. The summed E-state index contributed by atoms with van der Waals surface area (Å²) in [5, 5.41) is 7.22. The van der Waals surface area contributed by atoms with E-state index in [-0.39, 0.29) is 16.9 Å². The number of nitrogens with two attached hydrogens (primary N) is 1. The number of hydrogen-bond donors (Lipinski definition) is 1. The Labute approximate surface area is 89.0 Å². The maximum atomic E-state index is 13.4. The minimum Gasteiger partial charge on any atom is -0.465 e. The van der Waals surface area contributed by atoms with Gasteiger partial charge in [0.25, 0.3) is 0 Å². The van der Waals surface area contributed by atoms with E-state index in [9.17, 15) is 9.18 Å². The first-order valence-corrected chi connectivity index (χ1v) is 4.31. The monoisotopic (exact) mass is 225 g/mol. The van der Waals surface area contributed by atoms with E-state index in [1.165, 1.54) is 0 Å². The number of ether oxygens (including phenoxy) is 1. The smallest absolute Gasteiger partial charge is 0.345 e. The van der Waals surface area contributed by atoms with Crippen LogP contribution in [0.4, 0.5) is 10.2 Å². The van der Waals surface area contributed by atoms with Crippen molar-refractivity contribution in [2.45, 2.75) is 6.92 Å². The van der Waals surface area contributed by atoms with Gasteiger partial charge in [0.1, 0.15) is 16.9 Å². The van der Waals surface area contributed by atoms with Crippen LogP contribution in [0.3, 0.4) is 0 Å². The van der Waals surface area contributed by atoms with Crippen molar-refractivity contribution in [1.29, 1.82) is 0 Å². The molecule has 0 spiro atoms. The summed E-state index contributed by atoms with van der Waals surface area (Å²) in [5.74, 6) is -1.56. The van der Waals surface area contributed by atoms with Crippen molar-refractivity contribution in [2.24, 2.45) is 0 Å². The summed E-state index contributed by atoms with van der Waals surface area (Å²) in [5.41, 5.74) is 5.23. The van der Waals surface area contributed by atoms with Crippen molar-refractivity contribution in [3.05, 3.63) is 17.3 Å². The van der Waals surface area contributed by atoms with Crippen LogP contribution in [0.25, 0.3) is 5.52 Å². The van der Waals surface area contributed by atoms with E-state index in [1.54, 1.807) is 6.92 Å². The highest BCUT2D eigenvalue weighted by molar-refractivity contribution is 5.99. The lowest BCUT2D eigenvalue weighted by Gasteiger charge is -2.00. The molecule has 2 aromatic rings. The van der Waals surface area contributed by atoms with Gasteiger partial charge in [0.2, 0.25) is 5.95 Å². The summed E-state index contributed by atoms with van der Waals surface area (Å²) >= 11 is 0. The van der Waals surface area contributed by atoms with Crippen molar-refractivity contribution in [2.75, 3.05) is 12.8 Å². The average molecular weight is 225 g/mol. The lowest BCUT2D eigenvalue weighted by molar-refractivity contribution is 0.0597. The summed E-state index contributed by atoms with van der Waals surface area (Å²) < 4.78 is 18.8. The van der Waals surface area contributed by atoms with E-state index in [0.717, 1.165) is 11.7 Å². The quantitative estimate of drug-likeness (QED) is 0.683. The molecule has 0 saturated carbocycles. The fourth-order valence-electron chi connectivity index (χ4n) is 1.35. The van der Waals surface area contributed by atoms with Crippen LogP contribution in [0.15, 0.2) is 0 Å². The SMILES string of the molecule is COC(=O)c1c(F)nn2nc(C)nc(N)c12. The lowest BCUT2D eigenvalue weighted by Crippen LogP contribution is -2.07. The van der Waals surface area contributed by atoms with Gasteiger partial charge in [-0.15, -0.1) is 14.8 Å². The zero-order valence-corrected chi connectivity index (χ0v) is 8.56. The fraction of sp³-hybridized carbons (Fsp3) is 0.250. The molecule has 0 aliphatic rings. The van der Waals surface area contributed by atoms with Crippen LogP contribution in [0.1, 0.15) is 16.2 Å². The van der Waals surface area contributed by atoms with Crippen molar-refractivity contribution in [3.8, 4) is 0 Å². The number of esters is 1. The van der Waals surface area contributed by atoms with Gasteiger partial charge < -0.3 is 10.5 Å². The number of carbonyl (C=O) groups is 1. The summed E-state index contributed by atoms with van der Waals surface area (Å²) in [6.45, 7) is 1.58. The number of nitrogen functional groups attached to an aromatic ring is 1. The topological polar surface area (TPSA) is 95.4 Å². The number of methoxy groups -OCH3 is 1. The van der Waals surface area contributed by atoms with Crippen molar-refractivity contribution in [1.82, 2.24) is 19.8 Å². The Morgan fingerprint density at radius 3 is 2.81 bits per heavy atom. The Balaban J connectivity index is 2.84. The summed E-state index contributed by atoms with van der Waals surface area (Å²) in [6, 6.07) is 0. The van der Waals surface area contributed by atoms with Gasteiger partial charge in [0, 0.05) is 0 Å². The third-order valence-electron chi connectivity index (χ3n) is 1.98. The molecular weight excluding hydrogens is 217 g/mol. The molecule has 84 valence electrons. The number of nitrogens with zero attached hydrogens (tertiary/aromatic N) is 4. The standard InChI is InChI=1S/C8H8FN5O2/c1-3-11-7(10)5-4(8(15)16-2)6(9)13-14(5)12-3/h1-2H3,(H2,10,11,12). The molecule has 2 aromatic heterocycles. The molecule has 0 aliphatic carbocycles. The molecule has 0 fully saturated rings. The van der Waals surface area contributed by atoms with Crippen LogP contribution in [-0.2, 0) is 4.74 Å². The van der Waals surface area contributed by atoms with Crippen molar-refractivity contribution >= 4 is 17.3 Å². The van der Waals surface area contributed by atoms with Crippen molar-refractivity contribution < 1.29 is 13.9 Å². The van der Waals surface area contributed by atoms with Crippen LogP contribution >= 0.6 is 0 Å². The molecule has 0 aromatic carbocycles. The van der Waals surface area contributed by atoms with Gasteiger partial charge in [-0.05, 0) is 6.92 Å². The van der Waals surface area contributed by atoms with Crippen LogP contribution in [0, 0.1) is 12.9 Å². The van der Waals surface area contributed by atoms with Gasteiger partial charge in [0.05, 0.1) is 7.11 Å². The highest BCUT2D eigenvalue weighted by Gasteiger charge is 2.24. The Bertz CT molecular complexity index is 579. The average Bonchev–Trinajstić information content (AvgIpc) is 2.53. The van der Waals surface area contributed by atoms with Crippen LogP contribution in [0.5, 0.6) is 0 Å². The molecule has 0 bridgehead atoms. The number of aromatic nitrogens is 4. The number of carbonyl (C=O) groups excluding carboxylic acids is 1. The zero-order chi connectivity index (χ0) is 11.9. The van der Waals surface area contributed by atoms with E-state index in [1.807, 2.05) is 0 Å². The fourth-order valence-corrected chi connectivity index (χ4v) is 1.35. The zero-order valence-electron chi connectivity index (χ0n) is 8.56. The normalized spacial score (nSPS) is 10.7. The van der Waals surface area contributed by atoms with Crippen LogP contribution in [-0.4, -0.2) is 32.9 Å². The maximum absolute atomic E-state index is 13.4. The third-order valence-corrected chi connectivity index (χ3v) is 1.98. The molecule has 0 aliphatic heterocycles. The van der Waals surface area contributed by atoms with E-state index >= 15 is 0 Å². The molecule has 2 heterocycles. The van der Waals surface area contributed by atoms with E-state index < -0.39 is 11.9 Å². The Morgan fingerprint density at radius 2 is 2.19 bits per heavy atom. The highest BCUT2D eigenvalue weighted by atomic mass is 19.1. The van der Waals surface area contributed by atoms with Crippen molar-refractivity contribution in [3.63, 3.8) is 0 Å². The van der Waals surface area contributed by atoms with E-state index in [4.69, 9.17) is 5.73 Å². The minimum absolute atomic E-state index is 0.00921. The largest absolute Gasteiger partial charge is 0.465 e. The number of halogens is 1. The first kappa shape index (κ1) is 10.3. The first-order valence-electron chi connectivity index (χ1n) is 4.31. The van der Waals surface area contributed by atoms with E-state index in [0.29, 0.717) is 5.82 Å². The van der Waals surface area contributed by atoms with Gasteiger partial charge in [0.15, 0.2) is 5.82 Å². The Hall–Kier alpha value is -2.25. The van der Waals surface area contributed by atoms with Gasteiger partial charge in [-0.2, -0.15) is 4.39 Å². The first-order chi connectivity index (χ1) is 7.54.